The van der Waals surface area contributed by atoms with Gasteiger partial charge in [-0.3, -0.25) is 9.69 Å². The van der Waals surface area contributed by atoms with Crippen LogP contribution in [0.2, 0.25) is 0 Å². The third-order valence-electron chi connectivity index (χ3n) is 7.58. The smallest absolute Gasteiger partial charge is 0.236 e. The maximum absolute atomic E-state index is 12.4. The van der Waals surface area contributed by atoms with Crippen molar-refractivity contribution in [3.8, 4) is 17.3 Å². The number of nitriles is 1. The van der Waals surface area contributed by atoms with Gasteiger partial charge in [-0.25, -0.2) is 9.97 Å². The molecule has 0 radical (unpaired) electrons. The number of thiazole rings is 1. The molecule has 208 valence electrons. The van der Waals surface area contributed by atoms with Crippen LogP contribution in [0.5, 0.6) is 0 Å². The molecule has 13 heteroatoms. The Morgan fingerprint density at radius 3 is 2.52 bits per heavy atom. The molecule has 0 unspecified atom stereocenters. The van der Waals surface area contributed by atoms with E-state index in [9.17, 15) is 15.2 Å². The molecule has 1 amide bonds. The summed E-state index contributed by atoms with van der Waals surface area (Å²) < 4.78 is 1.88. The van der Waals surface area contributed by atoms with Crippen LogP contribution in [0.3, 0.4) is 0 Å². The Morgan fingerprint density at radius 2 is 1.88 bits per heavy atom. The quantitative estimate of drug-likeness (QED) is 0.337. The van der Waals surface area contributed by atoms with Gasteiger partial charge in [-0.05, 0) is 20.4 Å². The Balaban J connectivity index is 1.20. The molecule has 0 saturated carbocycles. The highest BCUT2D eigenvalue weighted by Crippen LogP contribution is 2.38. The number of benzene rings is 1. The molecular formula is C27H31N9O2S2. The number of imidazole rings is 1. The van der Waals surface area contributed by atoms with Gasteiger partial charge in [0.25, 0.3) is 0 Å². The molecule has 5 heterocycles. The summed E-state index contributed by atoms with van der Waals surface area (Å²) in [5, 5.41) is 25.8. The number of aromatic nitrogens is 4. The van der Waals surface area contributed by atoms with Crippen LogP contribution < -0.4 is 9.80 Å². The lowest BCUT2D eigenvalue weighted by atomic mass is 10.1. The number of hydrogen-bond donors (Lipinski definition) is 1. The van der Waals surface area contributed by atoms with Crippen LogP contribution in [0, 0.1) is 18.3 Å². The number of carbonyl (C=O) groups excluding carboxylic acids is 1. The predicted molar refractivity (Wildman–Crippen MR) is 157 cm³/mol. The van der Waals surface area contributed by atoms with Gasteiger partial charge in [-0.1, -0.05) is 59.4 Å². The third-order valence-corrected chi connectivity index (χ3v) is 9.58. The SMILES string of the molecule is CCc1nc2sc(N3CC(N(C)CC(=O)N4CC(O)C4)C3)nn2c1N(C)c1nc(-c2ccc(C)cc2)c(C#N)s1. The van der Waals surface area contributed by atoms with Crippen LogP contribution in [0.25, 0.3) is 16.2 Å². The topological polar surface area (TPSA) is 117 Å². The van der Waals surface area contributed by atoms with Gasteiger partial charge >= 0.3 is 0 Å². The first kappa shape index (κ1) is 26.6. The van der Waals surface area contributed by atoms with Crippen LogP contribution in [0.15, 0.2) is 24.3 Å². The number of aliphatic hydroxyl groups is 1. The molecule has 1 aromatic carbocycles. The molecule has 2 aliphatic rings. The van der Waals surface area contributed by atoms with Crippen LogP contribution >= 0.6 is 22.7 Å². The molecule has 1 N–H and O–H groups in total. The average Bonchev–Trinajstić information content (AvgIpc) is 3.58. The fourth-order valence-electron chi connectivity index (χ4n) is 4.99. The van der Waals surface area contributed by atoms with Gasteiger partial charge in [0.15, 0.2) is 10.9 Å². The second kappa shape index (κ2) is 10.4. The molecule has 2 saturated heterocycles. The van der Waals surface area contributed by atoms with E-state index in [1.165, 1.54) is 11.3 Å². The van der Waals surface area contributed by atoms with Crippen LogP contribution in [0.4, 0.5) is 16.1 Å². The molecule has 2 fully saturated rings. The molecule has 4 aromatic rings. The Kier molecular flexibility index (Phi) is 6.95. The van der Waals surface area contributed by atoms with Gasteiger partial charge in [-0.2, -0.15) is 9.78 Å². The summed E-state index contributed by atoms with van der Waals surface area (Å²) >= 11 is 2.91. The monoisotopic (exact) mass is 577 g/mol. The number of anilines is 3. The van der Waals surface area contributed by atoms with Crippen molar-refractivity contribution in [2.75, 3.05) is 56.6 Å². The van der Waals surface area contributed by atoms with E-state index in [1.54, 1.807) is 16.2 Å². The van der Waals surface area contributed by atoms with E-state index in [0.29, 0.717) is 35.3 Å². The first-order valence-electron chi connectivity index (χ1n) is 13.3. The molecule has 6 rings (SSSR count). The van der Waals surface area contributed by atoms with Gasteiger partial charge in [0.1, 0.15) is 16.6 Å². The first-order chi connectivity index (χ1) is 19.2. The largest absolute Gasteiger partial charge is 0.389 e. The van der Waals surface area contributed by atoms with E-state index >= 15 is 0 Å². The number of fused-ring (bicyclic) bond motifs is 1. The Labute approximate surface area is 240 Å². The minimum absolute atomic E-state index is 0.0611. The van der Waals surface area contributed by atoms with Gasteiger partial charge in [-0.15, -0.1) is 5.10 Å². The lowest BCUT2D eigenvalue weighted by Gasteiger charge is -2.44. The molecule has 3 aromatic heterocycles. The zero-order chi connectivity index (χ0) is 28.1. The number of hydrogen-bond acceptors (Lipinski definition) is 11. The number of likely N-dealkylation sites (N-methyl/N-ethyl adjacent to an activating group) is 1. The number of likely N-dealkylation sites (tertiary alicyclic amines) is 1. The number of β-amino-alcohol motifs (C(OH)–C–C–N with tert-alkyl or cyclic N) is 1. The number of carbonyl (C=O) groups is 1. The molecule has 40 heavy (non-hydrogen) atoms. The lowest BCUT2D eigenvalue weighted by molar-refractivity contribution is -0.142. The number of nitrogens with zero attached hydrogens (tertiary/aromatic N) is 9. The summed E-state index contributed by atoms with van der Waals surface area (Å²) in [5.74, 6) is 0.913. The Hall–Kier alpha value is -3.57. The zero-order valence-electron chi connectivity index (χ0n) is 22.9. The minimum Gasteiger partial charge on any atom is -0.389 e. The van der Waals surface area contributed by atoms with Crippen molar-refractivity contribution in [1.82, 2.24) is 29.4 Å². The molecule has 0 atom stereocenters. The van der Waals surface area contributed by atoms with Crippen LogP contribution in [-0.2, 0) is 11.2 Å². The summed E-state index contributed by atoms with van der Waals surface area (Å²) in [6, 6.07) is 10.6. The normalized spacial score (nSPS) is 15.9. The van der Waals surface area contributed by atoms with E-state index in [0.717, 1.165) is 52.2 Å². The maximum atomic E-state index is 12.4. The van der Waals surface area contributed by atoms with Crippen molar-refractivity contribution < 1.29 is 9.90 Å². The summed E-state index contributed by atoms with van der Waals surface area (Å²) in [6.45, 7) is 6.90. The summed E-state index contributed by atoms with van der Waals surface area (Å²) in [5.41, 5.74) is 3.69. The van der Waals surface area contributed by atoms with Gasteiger partial charge in [0.05, 0.1) is 18.3 Å². The van der Waals surface area contributed by atoms with Crippen molar-refractivity contribution in [3.05, 3.63) is 40.4 Å². The molecule has 0 aliphatic carbocycles. The molecule has 11 nitrogen and oxygen atoms in total. The maximum Gasteiger partial charge on any atom is 0.236 e. The third kappa shape index (κ3) is 4.71. The highest BCUT2D eigenvalue weighted by atomic mass is 32.1. The fourth-order valence-corrected chi connectivity index (χ4v) is 6.77. The number of aryl methyl sites for hydroxylation is 2. The van der Waals surface area contributed by atoms with Crippen LogP contribution in [-0.4, -0.2) is 99.4 Å². The van der Waals surface area contributed by atoms with E-state index < -0.39 is 0 Å². The minimum atomic E-state index is -0.381. The zero-order valence-corrected chi connectivity index (χ0v) is 24.5. The Bertz CT molecular complexity index is 1590. The van der Waals surface area contributed by atoms with Crippen molar-refractivity contribution >= 4 is 49.6 Å². The Morgan fingerprint density at radius 1 is 1.15 bits per heavy atom. The highest BCUT2D eigenvalue weighted by molar-refractivity contribution is 7.20. The summed E-state index contributed by atoms with van der Waals surface area (Å²) in [6.07, 6.45) is 0.360. The van der Waals surface area contributed by atoms with Crippen LogP contribution in [0.1, 0.15) is 23.1 Å². The predicted octanol–water partition coefficient (Wildman–Crippen LogP) is 2.75. The van der Waals surface area contributed by atoms with E-state index in [2.05, 4.69) is 22.8 Å². The highest BCUT2D eigenvalue weighted by Gasteiger charge is 2.36. The van der Waals surface area contributed by atoms with Crippen molar-refractivity contribution in [1.29, 1.82) is 5.26 Å². The summed E-state index contributed by atoms with van der Waals surface area (Å²) in [4.78, 5) is 31.5. The lowest BCUT2D eigenvalue weighted by Crippen LogP contribution is -2.61. The summed E-state index contributed by atoms with van der Waals surface area (Å²) in [7, 11) is 3.92. The van der Waals surface area contributed by atoms with Gasteiger partial charge < -0.3 is 19.8 Å². The first-order valence-corrected chi connectivity index (χ1v) is 14.9. The fraction of sp³-hybridized carbons (Fsp3) is 0.444. The molecule has 2 aliphatic heterocycles. The van der Waals surface area contributed by atoms with Crippen molar-refractivity contribution in [2.45, 2.75) is 32.4 Å². The second-order valence-corrected chi connectivity index (χ2v) is 12.4. The van der Waals surface area contributed by atoms with Gasteiger partial charge in [0.2, 0.25) is 16.0 Å². The standard InChI is InChI=1S/C27H31N9O2S2/c1-5-20-24(33(4)25-30-23(21(10-28)39-25)17-8-6-16(2)7-9-17)36-26(29-20)40-27(31-36)35-11-18(12-35)32(3)15-22(38)34-13-19(37)14-34/h6-9,18-19,37H,5,11-15H2,1-4H3. The molecule has 0 spiro atoms. The number of aliphatic hydroxyl groups excluding tert-OH is 1. The number of rotatable bonds is 8. The number of amides is 1. The second-order valence-electron chi connectivity index (χ2n) is 10.5. The van der Waals surface area contributed by atoms with E-state index in [-0.39, 0.29) is 18.1 Å². The van der Waals surface area contributed by atoms with E-state index in [1.807, 2.05) is 54.7 Å². The van der Waals surface area contributed by atoms with Crippen molar-refractivity contribution in [2.24, 2.45) is 0 Å². The van der Waals surface area contributed by atoms with E-state index in [4.69, 9.17) is 15.1 Å². The molecular weight excluding hydrogens is 546 g/mol. The van der Waals surface area contributed by atoms with Crippen molar-refractivity contribution in [3.63, 3.8) is 0 Å². The molecule has 0 bridgehead atoms. The van der Waals surface area contributed by atoms with Gasteiger partial charge in [0, 0.05) is 44.8 Å². The average molecular weight is 578 g/mol.